The number of carbonyl (C=O) groups is 2. The van der Waals surface area contributed by atoms with Gasteiger partial charge >= 0.3 is 0 Å². The van der Waals surface area contributed by atoms with Crippen molar-refractivity contribution in [1.29, 1.82) is 0 Å². The van der Waals surface area contributed by atoms with Crippen molar-refractivity contribution in [3.63, 3.8) is 0 Å². The van der Waals surface area contributed by atoms with Gasteiger partial charge < -0.3 is 14.7 Å². The summed E-state index contributed by atoms with van der Waals surface area (Å²) in [5.74, 6) is -0.360. The molecule has 0 spiro atoms. The number of aromatic nitrogens is 1. The van der Waals surface area contributed by atoms with Crippen LogP contribution in [-0.2, 0) is 19.6 Å². The first-order valence-electron chi connectivity index (χ1n) is 9.73. The van der Waals surface area contributed by atoms with Crippen LogP contribution in [0.25, 0.3) is 0 Å². The molecule has 0 saturated heterocycles. The molecule has 11 heteroatoms. The fourth-order valence-corrected chi connectivity index (χ4v) is 4.40. The molecule has 1 aromatic heterocycles. The van der Waals surface area contributed by atoms with E-state index in [2.05, 4.69) is 20.2 Å². The molecule has 0 radical (unpaired) electrons. The Kier molecular flexibility index (Phi) is 5.21. The van der Waals surface area contributed by atoms with Gasteiger partial charge in [-0.2, -0.15) is 4.99 Å². The SMILES string of the molecule is Cc1noc(NS(=O)(=O)c2ccc(NC(=O)C3(C)CC(=O)N=C4C=CC=CN43)cc2)c1C. The van der Waals surface area contributed by atoms with Gasteiger partial charge in [0.05, 0.1) is 17.0 Å². The van der Waals surface area contributed by atoms with Gasteiger partial charge in [-0.05, 0) is 57.2 Å². The number of fused-ring (bicyclic) bond motifs is 1. The molecule has 0 aliphatic carbocycles. The van der Waals surface area contributed by atoms with Gasteiger partial charge in [0.1, 0.15) is 11.4 Å². The smallest absolute Gasteiger partial charge is 0.264 e. The normalized spacial score (nSPS) is 20.0. The first-order valence-corrected chi connectivity index (χ1v) is 11.2. The van der Waals surface area contributed by atoms with Gasteiger partial charge in [-0.3, -0.25) is 9.59 Å². The molecule has 2 aliphatic heterocycles. The summed E-state index contributed by atoms with van der Waals surface area (Å²) in [7, 11) is -3.91. The number of allylic oxidation sites excluding steroid dienone is 2. The van der Waals surface area contributed by atoms with Gasteiger partial charge in [-0.25, -0.2) is 13.1 Å². The minimum atomic E-state index is -3.91. The van der Waals surface area contributed by atoms with Crippen LogP contribution < -0.4 is 10.0 Å². The highest BCUT2D eigenvalue weighted by Crippen LogP contribution is 2.30. The maximum absolute atomic E-state index is 13.1. The molecule has 166 valence electrons. The summed E-state index contributed by atoms with van der Waals surface area (Å²) in [6.45, 7) is 5.06. The standard InChI is InChI=1S/C21H21N5O5S/c1-13-14(2)24-31-19(13)25-32(29,30)16-9-7-15(8-10-16)22-20(28)21(3)12-18(27)23-17-6-4-5-11-26(17)21/h4-11,25H,12H2,1-3H3,(H,22,28). The Labute approximate surface area is 184 Å². The third kappa shape index (κ3) is 3.82. The summed E-state index contributed by atoms with van der Waals surface area (Å²) in [5, 5.41) is 6.49. The average Bonchev–Trinajstić information content (AvgIpc) is 3.05. The Balaban J connectivity index is 1.51. The number of amides is 2. The topological polar surface area (TPSA) is 134 Å². The number of amidine groups is 1. The van der Waals surface area contributed by atoms with Crippen molar-refractivity contribution >= 4 is 39.2 Å². The minimum absolute atomic E-state index is 0.0125. The molecular weight excluding hydrogens is 434 g/mol. The van der Waals surface area contributed by atoms with Gasteiger partial charge in [0, 0.05) is 17.5 Å². The predicted octanol–water partition coefficient (Wildman–Crippen LogP) is 2.50. The van der Waals surface area contributed by atoms with Crippen molar-refractivity contribution in [2.45, 2.75) is 37.6 Å². The average molecular weight is 455 g/mol. The second-order valence-electron chi connectivity index (χ2n) is 7.69. The van der Waals surface area contributed by atoms with E-state index in [1.165, 1.54) is 24.3 Å². The van der Waals surface area contributed by atoms with Crippen LogP contribution in [0.5, 0.6) is 0 Å². The van der Waals surface area contributed by atoms with Crippen LogP contribution >= 0.6 is 0 Å². The van der Waals surface area contributed by atoms with E-state index >= 15 is 0 Å². The quantitative estimate of drug-likeness (QED) is 0.707. The van der Waals surface area contributed by atoms with Crippen LogP contribution in [0.4, 0.5) is 11.6 Å². The summed E-state index contributed by atoms with van der Waals surface area (Å²) in [6, 6.07) is 5.67. The highest BCUT2D eigenvalue weighted by molar-refractivity contribution is 7.92. The van der Waals surface area contributed by atoms with Crippen LogP contribution in [0.15, 0.2) is 63.1 Å². The van der Waals surface area contributed by atoms with Gasteiger partial charge in [0.2, 0.25) is 5.88 Å². The molecule has 1 aromatic carbocycles. The molecule has 2 aliphatic rings. The second-order valence-corrected chi connectivity index (χ2v) is 9.37. The number of sulfonamides is 1. The van der Waals surface area contributed by atoms with Gasteiger partial charge in [-0.1, -0.05) is 11.2 Å². The molecule has 1 atom stereocenters. The largest absolute Gasteiger partial charge is 0.337 e. The van der Waals surface area contributed by atoms with E-state index in [1.54, 1.807) is 50.1 Å². The van der Waals surface area contributed by atoms with E-state index in [0.717, 1.165) is 0 Å². The van der Waals surface area contributed by atoms with Crippen LogP contribution in [0.3, 0.4) is 0 Å². The zero-order chi connectivity index (χ0) is 23.1. The van der Waals surface area contributed by atoms with Crippen molar-refractivity contribution in [2.75, 3.05) is 10.0 Å². The molecule has 0 saturated carbocycles. The number of carbonyl (C=O) groups excluding carboxylic acids is 2. The summed E-state index contributed by atoms with van der Waals surface area (Å²) >= 11 is 0. The third-order valence-corrected chi connectivity index (χ3v) is 6.75. The van der Waals surface area contributed by atoms with E-state index in [4.69, 9.17) is 4.52 Å². The zero-order valence-corrected chi connectivity index (χ0v) is 18.4. The van der Waals surface area contributed by atoms with Crippen molar-refractivity contribution in [3.05, 3.63) is 60.0 Å². The number of rotatable bonds is 5. The van der Waals surface area contributed by atoms with Gasteiger partial charge in [-0.15, -0.1) is 0 Å². The van der Waals surface area contributed by atoms with E-state index in [1.807, 2.05) is 0 Å². The molecule has 0 fully saturated rings. The molecule has 2 N–H and O–H groups in total. The van der Waals surface area contributed by atoms with Crippen LogP contribution in [0.2, 0.25) is 0 Å². The monoisotopic (exact) mass is 455 g/mol. The Morgan fingerprint density at radius 2 is 1.91 bits per heavy atom. The number of aryl methyl sites for hydroxylation is 1. The Morgan fingerprint density at radius 3 is 2.56 bits per heavy atom. The fourth-order valence-electron chi connectivity index (χ4n) is 3.35. The first kappa shape index (κ1) is 21.5. The first-order chi connectivity index (χ1) is 15.1. The molecule has 3 heterocycles. The van der Waals surface area contributed by atoms with Crippen molar-refractivity contribution in [3.8, 4) is 0 Å². The Bertz CT molecular complexity index is 1290. The maximum Gasteiger partial charge on any atom is 0.264 e. The number of hydrogen-bond donors (Lipinski definition) is 2. The van der Waals surface area contributed by atoms with Crippen LogP contribution in [0.1, 0.15) is 24.6 Å². The van der Waals surface area contributed by atoms with Gasteiger partial charge in [0.25, 0.3) is 21.8 Å². The lowest BCUT2D eigenvalue weighted by molar-refractivity contribution is -0.130. The molecule has 2 amide bonds. The maximum atomic E-state index is 13.1. The minimum Gasteiger partial charge on any atom is -0.337 e. The van der Waals surface area contributed by atoms with E-state index < -0.39 is 21.5 Å². The Hall–Kier alpha value is -3.73. The third-order valence-electron chi connectivity index (χ3n) is 5.40. The molecule has 10 nitrogen and oxygen atoms in total. The summed E-state index contributed by atoms with van der Waals surface area (Å²) < 4.78 is 32.6. The highest BCUT2D eigenvalue weighted by atomic mass is 32.2. The molecule has 0 bridgehead atoms. The number of benzene rings is 1. The fraction of sp³-hybridized carbons (Fsp3) is 0.238. The predicted molar refractivity (Wildman–Crippen MR) is 117 cm³/mol. The summed E-state index contributed by atoms with van der Waals surface area (Å²) in [4.78, 5) is 30.8. The number of aliphatic imine (C=N–C) groups is 1. The highest BCUT2D eigenvalue weighted by Gasteiger charge is 2.45. The zero-order valence-electron chi connectivity index (χ0n) is 17.6. The van der Waals surface area contributed by atoms with Gasteiger partial charge in [0.15, 0.2) is 0 Å². The van der Waals surface area contributed by atoms with Crippen LogP contribution in [0, 0.1) is 13.8 Å². The lowest BCUT2D eigenvalue weighted by Gasteiger charge is -2.41. The number of anilines is 2. The molecule has 32 heavy (non-hydrogen) atoms. The van der Waals surface area contributed by atoms with E-state index in [-0.39, 0.29) is 23.1 Å². The molecule has 1 unspecified atom stereocenters. The molecule has 4 rings (SSSR count). The van der Waals surface area contributed by atoms with Crippen molar-refractivity contribution in [1.82, 2.24) is 10.1 Å². The van der Waals surface area contributed by atoms with Crippen LogP contribution in [-0.4, -0.2) is 41.7 Å². The lowest BCUT2D eigenvalue weighted by atomic mass is 9.91. The molecular formula is C21H21N5O5S. The van der Waals surface area contributed by atoms with Crippen molar-refractivity contribution < 1.29 is 22.5 Å². The van der Waals surface area contributed by atoms with Crippen molar-refractivity contribution in [2.24, 2.45) is 4.99 Å². The number of nitrogens with one attached hydrogen (secondary N) is 2. The number of hydrogen-bond acceptors (Lipinski definition) is 7. The van der Waals surface area contributed by atoms with E-state index in [0.29, 0.717) is 22.8 Å². The molecule has 2 aromatic rings. The Morgan fingerprint density at radius 1 is 1.19 bits per heavy atom. The second kappa shape index (κ2) is 7.75. The lowest BCUT2D eigenvalue weighted by Crippen LogP contribution is -2.58. The summed E-state index contributed by atoms with van der Waals surface area (Å²) in [6.07, 6.45) is 6.75. The van der Waals surface area contributed by atoms with E-state index in [9.17, 15) is 18.0 Å². The number of nitrogens with zero attached hydrogens (tertiary/aromatic N) is 3. The summed E-state index contributed by atoms with van der Waals surface area (Å²) in [5.41, 5.74) is 0.387.